The van der Waals surface area contributed by atoms with Gasteiger partial charge < -0.3 is 16.4 Å². The number of aromatic nitrogens is 1. The van der Waals surface area contributed by atoms with Gasteiger partial charge in [-0.3, -0.25) is 10.1 Å². The highest BCUT2D eigenvalue weighted by Crippen LogP contribution is 2.26. The van der Waals surface area contributed by atoms with Crippen LogP contribution in [-0.4, -0.2) is 28.5 Å². The zero-order valence-electron chi connectivity index (χ0n) is 10.3. The largest absolute Gasteiger partial charge is 0.378 e. The lowest BCUT2D eigenvalue weighted by Crippen LogP contribution is -2.45. The maximum Gasteiger partial charge on any atom is 0.311 e. The fourth-order valence-corrected chi connectivity index (χ4v) is 2.10. The van der Waals surface area contributed by atoms with Crippen LogP contribution in [-0.2, 0) is 0 Å². The Morgan fingerprint density at radius 3 is 2.72 bits per heavy atom. The number of piperidine rings is 1. The van der Waals surface area contributed by atoms with E-state index in [1.54, 1.807) is 6.07 Å². The van der Waals surface area contributed by atoms with E-state index in [0.717, 1.165) is 25.9 Å². The molecule has 0 radical (unpaired) electrons. The Morgan fingerprint density at radius 1 is 1.50 bits per heavy atom. The Kier molecular flexibility index (Phi) is 3.33. The summed E-state index contributed by atoms with van der Waals surface area (Å²) in [4.78, 5) is 14.2. The number of nitro groups is 1. The van der Waals surface area contributed by atoms with Crippen LogP contribution in [0.4, 0.5) is 17.3 Å². The predicted molar refractivity (Wildman–Crippen MR) is 69.4 cm³/mol. The van der Waals surface area contributed by atoms with Crippen molar-refractivity contribution in [3.05, 3.63) is 22.2 Å². The van der Waals surface area contributed by atoms with Crippen LogP contribution in [0.2, 0.25) is 0 Å². The molecule has 0 saturated carbocycles. The van der Waals surface area contributed by atoms with Crippen LogP contribution < -0.4 is 16.4 Å². The highest BCUT2D eigenvalue weighted by molar-refractivity contribution is 5.57. The third kappa shape index (κ3) is 2.67. The fourth-order valence-electron chi connectivity index (χ4n) is 2.10. The van der Waals surface area contributed by atoms with Gasteiger partial charge in [0.2, 0.25) is 5.82 Å². The molecule has 1 aromatic rings. The normalized spacial score (nSPS) is 18.3. The lowest BCUT2D eigenvalue weighted by Gasteiger charge is -2.35. The van der Waals surface area contributed by atoms with Gasteiger partial charge in [0.25, 0.3) is 0 Å². The maximum absolute atomic E-state index is 10.6. The van der Waals surface area contributed by atoms with Crippen molar-refractivity contribution in [2.75, 3.05) is 24.1 Å². The summed E-state index contributed by atoms with van der Waals surface area (Å²) in [5.74, 6) is 0.532. The molecule has 0 aromatic carbocycles. The molecule has 7 heteroatoms. The molecule has 4 N–H and O–H groups in total. The molecule has 1 saturated heterocycles. The highest BCUT2D eigenvalue weighted by atomic mass is 16.6. The number of hydrogen-bond acceptors (Lipinski definition) is 6. The first kappa shape index (κ1) is 12.6. The minimum atomic E-state index is -0.529. The second-order valence-corrected chi connectivity index (χ2v) is 4.79. The first-order valence-electron chi connectivity index (χ1n) is 5.90. The highest BCUT2D eigenvalue weighted by Gasteiger charge is 2.27. The number of nitrogen functional groups attached to an aromatic ring is 1. The Balaban J connectivity index is 2.14. The van der Waals surface area contributed by atoms with Gasteiger partial charge in [0.1, 0.15) is 5.82 Å². The van der Waals surface area contributed by atoms with Crippen molar-refractivity contribution in [2.45, 2.75) is 25.3 Å². The molecular formula is C11H17N5O2. The van der Waals surface area contributed by atoms with Crippen molar-refractivity contribution in [3.63, 3.8) is 0 Å². The van der Waals surface area contributed by atoms with E-state index in [2.05, 4.69) is 22.5 Å². The molecule has 1 fully saturated rings. The van der Waals surface area contributed by atoms with Gasteiger partial charge in [0, 0.05) is 11.6 Å². The van der Waals surface area contributed by atoms with Crippen LogP contribution in [0.15, 0.2) is 12.1 Å². The fraction of sp³-hybridized carbons (Fsp3) is 0.545. The van der Waals surface area contributed by atoms with Gasteiger partial charge in [-0.15, -0.1) is 0 Å². The predicted octanol–water partition coefficient (Wildman–Crippen LogP) is 1.13. The minimum absolute atomic E-state index is 0.0409. The summed E-state index contributed by atoms with van der Waals surface area (Å²) in [7, 11) is 0. The molecule has 0 unspecified atom stereocenters. The average Bonchev–Trinajstić information content (AvgIpc) is 2.28. The van der Waals surface area contributed by atoms with Crippen LogP contribution in [0, 0.1) is 10.1 Å². The first-order valence-corrected chi connectivity index (χ1v) is 5.90. The van der Waals surface area contributed by atoms with Crippen LogP contribution in [0.5, 0.6) is 0 Å². The standard InChI is InChI=1S/C11H17N5O2/c1-11(4-6-13-7-5-11)15-9-3-2-8(16(17)18)10(12)14-9/h2-3,13H,4-7H2,1H3,(H3,12,14,15). The Labute approximate surface area is 105 Å². The summed E-state index contributed by atoms with van der Waals surface area (Å²) >= 11 is 0. The number of hydrogen-bond donors (Lipinski definition) is 3. The van der Waals surface area contributed by atoms with E-state index in [1.165, 1.54) is 6.07 Å². The number of nitrogens with one attached hydrogen (secondary N) is 2. The van der Waals surface area contributed by atoms with Crippen molar-refractivity contribution < 1.29 is 4.92 Å². The summed E-state index contributed by atoms with van der Waals surface area (Å²) < 4.78 is 0. The molecule has 18 heavy (non-hydrogen) atoms. The van der Waals surface area contributed by atoms with E-state index in [9.17, 15) is 10.1 Å². The molecular weight excluding hydrogens is 234 g/mol. The number of nitrogens with zero attached hydrogens (tertiary/aromatic N) is 2. The van der Waals surface area contributed by atoms with Crippen LogP contribution in [0.25, 0.3) is 0 Å². The van der Waals surface area contributed by atoms with Gasteiger partial charge in [-0.2, -0.15) is 0 Å². The molecule has 1 aliphatic heterocycles. The van der Waals surface area contributed by atoms with Crippen molar-refractivity contribution in [1.29, 1.82) is 0 Å². The average molecular weight is 251 g/mol. The van der Waals surface area contributed by atoms with Crippen molar-refractivity contribution in [2.24, 2.45) is 0 Å². The van der Waals surface area contributed by atoms with Crippen molar-refractivity contribution >= 4 is 17.3 Å². The zero-order valence-corrected chi connectivity index (χ0v) is 10.3. The molecule has 2 rings (SSSR count). The van der Waals surface area contributed by atoms with E-state index in [0.29, 0.717) is 5.82 Å². The van der Waals surface area contributed by atoms with Crippen molar-refractivity contribution in [3.8, 4) is 0 Å². The summed E-state index contributed by atoms with van der Waals surface area (Å²) in [6, 6.07) is 2.98. The quantitative estimate of drug-likeness (QED) is 0.549. The monoisotopic (exact) mass is 251 g/mol. The molecule has 7 nitrogen and oxygen atoms in total. The molecule has 98 valence electrons. The van der Waals surface area contributed by atoms with Gasteiger partial charge in [-0.1, -0.05) is 0 Å². The number of rotatable bonds is 3. The first-order chi connectivity index (χ1) is 8.50. The second-order valence-electron chi connectivity index (χ2n) is 4.79. The van der Waals surface area contributed by atoms with Gasteiger partial charge in [0.05, 0.1) is 4.92 Å². The third-order valence-corrected chi connectivity index (χ3v) is 3.24. The van der Waals surface area contributed by atoms with Crippen LogP contribution in [0.1, 0.15) is 19.8 Å². The van der Waals surface area contributed by atoms with Crippen molar-refractivity contribution in [1.82, 2.24) is 10.3 Å². The van der Waals surface area contributed by atoms with Gasteiger partial charge in [-0.05, 0) is 38.9 Å². The van der Waals surface area contributed by atoms with E-state index in [-0.39, 0.29) is 17.0 Å². The smallest absolute Gasteiger partial charge is 0.311 e. The molecule has 1 aromatic heterocycles. The number of nitrogens with two attached hydrogens (primary N) is 1. The van der Waals surface area contributed by atoms with Crippen LogP contribution in [0.3, 0.4) is 0 Å². The third-order valence-electron chi connectivity index (χ3n) is 3.24. The molecule has 0 amide bonds. The molecule has 0 aliphatic carbocycles. The lowest BCUT2D eigenvalue weighted by atomic mass is 9.90. The van der Waals surface area contributed by atoms with E-state index < -0.39 is 4.92 Å². The minimum Gasteiger partial charge on any atom is -0.378 e. The van der Waals surface area contributed by atoms with Gasteiger partial charge in [-0.25, -0.2) is 4.98 Å². The lowest BCUT2D eigenvalue weighted by molar-refractivity contribution is -0.384. The SMILES string of the molecule is CC1(Nc2ccc([N+](=O)[O-])c(N)n2)CCNCC1. The molecule has 1 aliphatic rings. The Hall–Kier alpha value is -1.89. The second kappa shape index (κ2) is 4.77. The topological polar surface area (TPSA) is 106 Å². The summed E-state index contributed by atoms with van der Waals surface area (Å²) in [5.41, 5.74) is 5.37. The molecule has 0 bridgehead atoms. The van der Waals surface area contributed by atoms with Gasteiger partial charge >= 0.3 is 5.69 Å². The number of pyridine rings is 1. The van der Waals surface area contributed by atoms with Gasteiger partial charge in [0.15, 0.2) is 0 Å². The summed E-state index contributed by atoms with van der Waals surface area (Å²) in [6.45, 7) is 4.02. The van der Waals surface area contributed by atoms with E-state index >= 15 is 0 Å². The maximum atomic E-state index is 10.6. The molecule has 2 heterocycles. The number of anilines is 2. The van der Waals surface area contributed by atoms with Crippen LogP contribution >= 0.6 is 0 Å². The zero-order chi connectivity index (χ0) is 13.2. The van der Waals surface area contributed by atoms with E-state index in [1.807, 2.05) is 0 Å². The summed E-state index contributed by atoms with van der Waals surface area (Å²) in [5, 5.41) is 17.2. The Bertz CT molecular complexity index is 457. The molecule has 0 spiro atoms. The summed E-state index contributed by atoms with van der Waals surface area (Å²) in [6.07, 6.45) is 1.96. The Morgan fingerprint density at radius 2 is 2.17 bits per heavy atom. The van der Waals surface area contributed by atoms with E-state index in [4.69, 9.17) is 5.73 Å². The molecule has 0 atom stereocenters.